The van der Waals surface area contributed by atoms with E-state index in [0.717, 1.165) is 22.4 Å². The molecular formula is C21H14N2O2. The van der Waals surface area contributed by atoms with Crippen LogP contribution in [0, 0.1) is 12.5 Å². The molecular weight excluding hydrogens is 312 g/mol. The number of H-pyrrole nitrogens is 1. The van der Waals surface area contributed by atoms with E-state index in [1.165, 1.54) is 4.90 Å². The van der Waals surface area contributed by atoms with Crippen molar-refractivity contribution in [2.75, 3.05) is 4.90 Å². The Labute approximate surface area is 145 Å². The molecule has 1 aliphatic heterocycles. The Morgan fingerprint density at radius 2 is 1.84 bits per heavy atom. The third kappa shape index (κ3) is 2.48. The Kier molecular flexibility index (Phi) is 3.41. The zero-order chi connectivity index (χ0) is 17.4. The number of phenolic OH excluding ortho intramolecular Hbond substituents is 1. The molecule has 1 aliphatic rings. The van der Waals surface area contributed by atoms with Crippen LogP contribution in [-0.4, -0.2) is 16.0 Å². The number of fused-ring (bicyclic) bond motifs is 1. The summed E-state index contributed by atoms with van der Waals surface area (Å²) in [6.07, 6.45) is 9.14. The van der Waals surface area contributed by atoms with Crippen LogP contribution in [0.1, 0.15) is 11.3 Å². The third-order valence-corrected chi connectivity index (χ3v) is 4.21. The number of phenols is 1. The van der Waals surface area contributed by atoms with Gasteiger partial charge in [-0.1, -0.05) is 24.6 Å². The first-order valence-electron chi connectivity index (χ1n) is 7.77. The van der Waals surface area contributed by atoms with E-state index in [1.54, 1.807) is 24.4 Å². The summed E-state index contributed by atoms with van der Waals surface area (Å²) in [7, 11) is 0. The number of anilines is 1. The summed E-state index contributed by atoms with van der Waals surface area (Å²) in [4.78, 5) is 17.1. The number of rotatable bonds is 2. The number of terminal acetylenes is 1. The molecule has 0 saturated carbocycles. The Morgan fingerprint density at radius 1 is 1.08 bits per heavy atom. The Hall–Kier alpha value is -3.71. The minimum absolute atomic E-state index is 0.213. The highest BCUT2D eigenvalue weighted by Gasteiger charge is 2.32. The van der Waals surface area contributed by atoms with Gasteiger partial charge in [-0.3, -0.25) is 4.79 Å². The van der Waals surface area contributed by atoms with Crippen molar-refractivity contribution in [3.63, 3.8) is 0 Å². The molecule has 0 bridgehead atoms. The van der Waals surface area contributed by atoms with Crippen LogP contribution in [-0.2, 0) is 4.79 Å². The molecule has 0 spiro atoms. The smallest absolute Gasteiger partial charge is 0.270 e. The molecule has 0 radical (unpaired) electrons. The van der Waals surface area contributed by atoms with E-state index < -0.39 is 0 Å². The fourth-order valence-electron chi connectivity index (χ4n) is 2.98. The third-order valence-electron chi connectivity index (χ3n) is 4.21. The molecule has 0 aliphatic carbocycles. The Morgan fingerprint density at radius 3 is 2.52 bits per heavy atom. The maximum absolute atomic E-state index is 12.7. The normalized spacial score (nSPS) is 14.6. The number of amides is 1. The van der Waals surface area contributed by atoms with Gasteiger partial charge in [-0.25, -0.2) is 4.90 Å². The van der Waals surface area contributed by atoms with Crippen LogP contribution in [0.15, 0.2) is 60.8 Å². The fraction of sp³-hybridized carbons (Fsp3) is 0. The number of carbonyl (C=O) groups excluding carboxylic acids is 1. The van der Waals surface area contributed by atoms with Gasteiger partial charge in [0.1, 0.15) is 5.75 Å². The van der Waals surface area contributed by atoms with Gasteiger partial charge < -0.3 is 10.1 Å². The van der Waals surface area contributed by atoms with Crippen molar-refractivity contribution in [1.29, 1.82) is 0 Å². The Bertz CT molecular complexity index is 1020. The number of aromatic amines is 1. The quantitative estimate of drug-likeness (QED) is 0.555. The van der Waals surface area contributed by atoms with Crippen LogP contribution in [0.4, 0.5) is 5.69 Å². The van der Waals surface area contributed by atoms with Crippen molar-refractivity contribution in [2.24, 2.45) is 0 Å². The van der Waals surface area contributed by atoms with E-state index in [-0.39, 0.29) is 11.7 Å². The van der Waals surface area contributed by atoms with Gasteiger partial charge in [0.2, 0.25) is 0 Å². The second kappa shape index (κ2) is 5.73. The second-order valence-electron chi connectivity index (χ2n) is 5.73. The minimum Gasteiger partial charge on any atom is -0.508 e. The average Bonchev–Trinajstić information content (AvgIpc) is 3.22. The molecule has 120 valence electrons. The lowest BCUT2D eigenvalue weighted by Crippen LogP contribution is -2.19. The number of nitrogens with one attached hydrogen (secondary N) is 1. The first kappa shape index (κ1) is 14.9. The first-order valence-corrected chi connectivity index (χ1v) is 7.77. The van der Waals surface area contributed by atoms with Crippen molar-refractivity contribution in [3.05, 3.63) is 72.1 Å². The summed E-state index contributed by atoms with van der Waals surface area (Å²) in [5.74, 6) is 0.000815. The molecule has 0 atom stereocenters. The molecule has 3 aromatic rings. The molecule has 2 heterocycles. The highest BCUT2D eigenvalue weighted by Crippen LogP contribution is 2.39. The molecule has 2 aromatic carbocycles. The van der Waals surface area contributed by atoms with Crippen molar-refractivity contribution >= 4 is 23.2 Å². The average molecular weight is 326 g/mol. The number of carbonyl (C=O) groups is 1. The van der Waals surface area contributed by atoms with Crippen LogP contribution >= 0.6 is 0 Å². The van der Waals surface area contributed by atoms with Gasteiger partial charge in [0, 0.05) is 23.5 Å². The van der Waals surface area contributed by atoms with Crippen LogP contribution in [0.25, 0.3) is 22.8 Å². The van der Waals surface area contributed by atoms with Gasteiger partial charge in [0.25, 0.3) is 5.91 Å². The van der Waals surface area contributed by atoms with E-state index in [9.17, 15) is 9.90 Å². The summed E-state index contributed by atoms with van der Waals surface area (Å²) < 4.78 is 0. The lowest BCUT2D eigenvalue weighted by Gasteiger charge is -2.08. The number of benzene rings is 2. The van der Waals surface area contributed by atoms with E-state index >= 15 is 0 Å². The fourth-order valence-corrected chi connectivity index (χ4v) is 2.98. The Balaban J connectivity index is 1.87. The molecule has 0 fully saturated rings. The summed E-state index contributed by atoms with van der Waals surface area (Å²) in [6.45, 7) is 0. The lowest BCUT2D eigenvalue weighted by molar-refractivity contribution is -0.112. The van der Waals surface area contributed by atoms with Crippen molar-refractivity contribution in [2.45, 2.75) is 0 Å². The monoisotopic (exact) mass is 326 g/mol. The zero-order valence-electron chi connectivity index (χ0n) is 13.2. The first-order chi connectivity index (χ1) is 12.2. The molecule has 4 rings (SSSR count). The van der Waals surface area contributed by atoms with Crippen LogP contribution < -0.4 is 4.90 Å². The highest BCUT2D eigenvalue weighted by molar-refractivity contribution is 6.37. The molecule has 0 saturated heterocycles. The summed E-state index contributed by atoms with van der Waals surface area (Å²) >= 11 is 0. The number of aromatic nitrogens is 1. The zero-order valence-corrected chi connectivity index (χ0v) is 13.2. The maximum Gasteiger partial charge on any atom is 0.270 e. The van der Waals surface area contributed by atoms with Crippen LogP contribution in [0.3, 0.4) is 0 Å². The lowest BCUT2D eigenvalue weighted by atomic mass is 9.99. The highest BCUT2D eigenvalue weighted by atomic mass is 16.3. The summed E-state index contributed by atoms with van der Waals surface area (Å²) in [5, 5.41) is 9.46. The molecule has 1 aromatic heterocycles. The topological polar surface area (TPSA) is 56.3 Å². The van der Waals surface area contributed by atoms with Crippen molar-refractivity contribution < 1.29 is 9.90 Å². The van der Waals surface area contributed by atoms with Gasteiger partial charge >= 0.3 is 0 Å². The number of hydrogen-bond donors (Lipinski definition) is 2. The number of nitrogens with zero attached hydrogens (tertiary/aromatic N) is 1. The van der Waals surface area contributed by atoms with E-state index in [4.69, 9.17) is 6.42 Å². The van der Waals surface area contributed by atoms with Crippen molar-refractivity contribution in [3.8, 4) is 29.3 Å². The van der Waals surface area contributed by atoms with Gasteiger partial charge in [-0.05, 0) is 53.6 Å². The molecule has 4 heteroatoms. The van der Waals surface area contributed by atoms with E-state index in [1.807, 2.05) is 42.5 Å². The number of aromatic hydroxyl groups is 1. The van der Waals surface area contributed by atoms with Crippen molar-refractivity contribution in [1.82, 2.24) is 4.98 Å². The van der Waals surface area contributed by atoms with Crippen LogP contribution in [0.5, 0.6) is 5.75 Å². The van der Waals surface area contributed by atoms with Gasteiger partial charge in [-0.2, -0.15) is 0 Å². The van der Waals surface area contributed by atoms with Crippen LogP contribution in [0.2, 0.25) is 0 Å². The van der Waals surface area contributed by atoms with Gasteiger partial charge in [0.15, 0.2) is 0 Å². The van der Waals surface area contributed by atoms with E-state index in [0.29, 0.717) is 11.3 Å². The predicted octanol–water partition coefficient (Wildman–Crippen LogP) is 3.87. The largest absolute Gasteiger partial charge is 0.508 e. The molecule has 1 amide bonds. The predicted molar refractivity (Wildman–Crippen MR) is 98.5 cm³/mol. The van der Waals surface area contributed by atoms with Gasteiger partial charge in [0.05, 0.1) is 11.3 Å². The summed E-state index contributed by atoms with van der Waals surface area (Å²) in [5.41, 5.74) is 4.78. The summed E-state index contributed by atoms with van der Waals surface area (Å²) in [6, 6.07) is 18.9. The molecule has 2 N–H and O–H groups in total. The van der Waals surface area contributed by atoms with E-state index in [2.05, 4.69) is 11.0 Å². The molecule has 4 nitrogen and oxygen atoms in total. The standard InChI is InChI=1S/C21H14N2O2/c1-2-23-20-10-7-15(14-5-8-17(24)9-6-14)12-18(20)19(21(23)25)13-16-4-3-11-22-16/h1,3-13,22,24H. The SMILES string of the molecule is C#CN1C(=O)C(=Cc2ccc[nH]2)c2cc(-c3ccc(O)cc3)ccc21. The maximum atomic E-state index is 12.7. The van der Waals surface area contributed by atoms with Gasteiger partial charge in [-0.15, -0.1) is 0 Å². The molecule has 0 unspecified atom stereocenters. The molecule has 25 heavy (non-hydrogen) atoms. The minimum atomic E-state index is -0.213. The number of hydrogen-bond acceptors (Lipinski definition) is 2. The second-order valence-corrected chi connectivity index (χ2v) is 5.73.